The fourth-order valence-electron chi connectivity index (χ4n) is 1.27. The van der Waals surface area contributed by atoms with E-state index in [1.807, 2.05) is 6.08 Å². The number of Topliss-reactive ketones (excluding diaryl/α,β-unsaturated/α-hetero) is 1. The third-order valence-corrected chi connectivity index (χ3v) is 3.57. The molecule has 1 fully saturated rings. The monoisotopic (exact) mass is 250 g/mol. The molecule has 1 rings (SSSR count). The molecule has 1 nitrogen and oxygen atoms in total. The molecular weight excluding hydrogens is 239 g/mol. The van der Waals surface area contributed by atoms with Gasteiger partial charge >= 0.3 is 0 Å². The van der Waals surface area contributed by atoms with Crippen LogP contribution < -0.4 is 0 Å². The van der Waals surface area contributed by atoms with Crippen LogP contribution in [-0.2, 0) is 4.79 Å². The average Bonchev–Trinajstić information content (AvgIpc) is 1.95. The van der Waals surface area contributed by atoms with Crippen LogP contribution in [0, 0.1) is 5.92 Å². The van der Waals surface area contributed by atoms with Gasteiger partial charge in [0.25, 0.3) is 0 Å². The first-order chi connectivity index (χ1) is 4.75. The van der Waals surface area contributed by atoms with E-state index in [2.05, 4.69) is 29.2 Å². The van der Waals surface area contributed by atoms with Crippen molar-refractivity contribution in [3.05, 3.63) is 12.7 Å². The summed E-state index contributed by atoms with van der Waals surface area (Å²) in [5.41, 5.74) is 0. The van der Waals surface area contributed by atoms with E-state index in [0.717, 1.165) is 19.3 Å². The fourth-order valence-corrected chi connectivity index (χ4v) is 2.24. The summed E-state index contributed by atoms with van der Waals surface area (Å²) in [4.78, 5) is 11.1. The molecule has 0 bridgehead atoms. The predicted molar refractivity (Wildman–Crippen MR) is 50.4 cm³/mol. The van der Waals surface area contributed by atoms with Crippen LogP contribution >= 0.6 is 22.6 Å². The van der Waals surface area contributed by atoms with Gasteiger partial charge in [-0.25, -0.2) is 0 Å². The Morgan fingerprint density at radius 2 is 2.40 bits per heavy atom. The minimum Gasteiger partial charge on any atom is -0.299 e. The van der Waals surface area contributed by atoms with Gasteiger partial charge in [0.05, 0.1) is 3.92 Å². The van der Waals surface area contributed by atoms with Crippen molar-refractivity contribution in [3.63, 3.8) is 0 Å². The first-order valence-corrected chi connectivity index (χ1v) is 4.79. The maximum absolute atomic E-state index is 11.1. The van der Waals surface area contributed by atoms with Gasteiger partial charge in [-0.3, -0.25) is 4.79 Å². The molecular formula is C8H11IO. The zero-order valence-corrected chi connectivity index (χ0v) is 8.00. The molecule has 0 unspecified atom stereocenters. The Labute approximate surface area is 75.0 Å². The molecule has 0 heterocycles. The molecule has 1 aliphatic carbocycles. The Bertz CT molecular complexity index is 153. The van der Waals surface area contributed by atoms with Gasteiger partial charge in [-0.1, -0.05) is 28.7 Å². The third kappa shape index (κ3) is 1.59. The summed E-state index contributed by atoms with van der Waals surface area (Å²) in [6, 6.07) is 0. The van der Waals surface area contributed by atoms with Gasteiger partial charge in [0.15, 0.2) is 0 Å². The molecule has 0 aromatic carbocycles. The topological polar surface area (TPSA) is 17.1 Å². The van der Waals surface area contributed by atoms with Crippen LogP contribution in [-0.4, -0.2) is 9.71 Å². The second-order valence-electron chi connectivity index (χ2n) is 2.66. The molecule has 1 saturated carbocycles. The lowest BCUT2D eigenvalue weighted by Crippen LogP contribution is -2.26. The second kappa shape index (κ2) is 3.51. The Kier molecular flexibility index (Phi) is 2.89. The van der Waals surface area contributed by atoms with E-state index in [1.54, 1.807) is 0 Å². The average molecular weight is 250 g/mol. The number of hydrogen-bond donors (Lipinski definition) is 0. The van der Waals surface area contributed by atoms with Crippen molar-refractivity contribution in [1.82, 2.24) is 0 Å². The quantitative estimate of drug-likeness (QED) is 0.396. The van der Waals surface area contributed by atoms with E-state index in [1.165, 1.54) is 0 Å². The first-order valence-electron chi connectivity index (χ1n) is 3.55. The van der Waals surface area contributed by atoms with Gasteiger partial charge in [0, 0.05) is 6.42 Å². The summed E-state index contributed by atoms with van der Waals surface area (Å²) in [6.45, 7) is 3.71. The van der Waals surface area contributed by atoms with Crippen molar-refractivity contribution < 1.29 is 4.79 Å². The van der Waals surface area contributed by atoms with E-state index in [4.69, 9.17) is 0 Å². The zero-order chi connectivity index (χ0) is 7.56. The lowest BCUT2D eigenvalue weighted by molar-refractivity contribution is -0.120. The largest absolute Gasteiger partial charge is 0.299 e. The third-order valence-electron chi connectivity index (χ3n) is 1.95. The van der Waals surface area contributed by atoms with Crippen molar-refractivity contribution in [1.29, 1.82) is 0 Å². The molecule has 2 atom stereocenters. The highest BCUT2D eigenvalue weighted by molar-refractivity contribution is 14.1. The molecule has 2 heteroatoms. The van der Waals surface area contributed by atoms with Crippen LogP contribution in [0.15, 0.2) is 12.7 Å². The van der Waals surface area contributed by atoms with Crippen LogP contribution in [0.3, 0.4) is 0 Å². The Balaban J connectivity index is 2.59. The molecule has 0 aromatic heterocycles. The summed E-state index contributed by atoms with van der Waals surface area (Å²) >= 11 is 2.22. The summed E-state index contributed by atoms with van der Waals surface area (Å²) in [5, 5.41) is 0. The predicted octanol–water partition coefficient (Wildman–Crippen LogP) is 2.35. The highest BCUT2D eigenvalue weighted by atomic mass is 127. The number of hydrogen-bond acceptors (Lipinski definition) is 1. The van der Waals surface area contributed by atoms with E-state index in [9.17, 15) is 4.79 Å². The van der Waals surface area contributed by atoms with Crippen LogP contribution in [0.25, 0.3) is 0 Å². The molecule has 0 aromatic rings. The number of allylic oxidation sites excluding steroid dienone is 1. The maximum Gasteiger partial charge on any atom is 0.146 e. The molecule has 0 saturated heterocycles. The first kappa shape index (κ1) is 8.24. The van der Waals surface area contributed by atoms with E-state index in [0.29, 0.717) is 11.7 Å². The van der Waals surface area contributed by atoms with Crippen LogP contribution in [0.5, 0.6) is 0 Å². The van der Waals surface area contributed by atoms with Gasteiger partial charge in [-0.2, -0.15) is 0 Å². The molecule has 0 aliphatic heterocycles. The maximum atomic E-state index is 11.1. The summed E-state index contributed by atoms with van der Waals surface area (Å²) < 4.78 is 0.198. The Morgan fingerprint density at radius 3 is 2.90 bits per heavy atom. The van der Waals surface area contributed by atoms with Crippen LogP contribution in [0.4, 0.5) is 0 Å². The lowest BCUT2D eigenvalue weighted by atomic mass is 9.88. The number of ketones is 1. The second-order valence-corrected chi connectivity index (χ2v) is 4.00. The van der Waals surface area contributed by atoms with Gasteiger partial charge in [-0.15, -0.1) is 6.58 Å². The number of halogens is 1. The summed E-state index contributed by atoms with van der Waals surface area (Å²) in [6.07, 6.45) is 4.88. The van der Waals surface area contributed by atoms with E-state index in [-0.39, 0.29) is 3.92 Å². The molecule has 0 spiro atoms. The molecule has 1 aliphatic rings. The molecule has 10 heavy (non-hydrogen) atoms. The van der Waals surface area contributed by atoms with Crippen molar-refractivity contribution >= 4 is 28.4 Å². The van der Waals surface area contributed by atoms with Gasteiger partial charge in [0.1, 0.15) is 5.78 Å². The normalized spacial score (nSPS) is 33.9. The van der Waals surface area contributed by atoms with Crippen LogP contribution in [0.1, 0.15) is 19.3 Å². The van der Waals surface area contributed by atoms with Gasteiger partial charge < -0.3 is 0 Å². The van der Waals surface area contributed by atoms with E-state index >= 15 is 0 Å². The van der Waals surface area contributed by atoms with Crippen molar-refractivity contribution in [2.45, 2.75) is 23.2 Å². The standard InChI is InChI=1S/C8H11IO/c1-2-6-4-3-5-7(10)8(6)9/h2,6,8H,1,3-5H2/t6-,8-/m1/s1. The number of rotatable bonds is 1. The summed E-state index contributed by atoms with van der Waals surface area (Å²) in [5.74, 6) is 0.832. The molecule has 0 amide bonds. The highest BCUT2D eigenvalue weighted by Gasteiger charge is 2.26. The van der Waals surface area contributed by atoms with E-state index < -0.39 is 0 Å². The van der Waals surface area contributed by atoms with Crippen molar-refractivity contribution in [3.8, 4) is 0 Å². The summed E-state index contributed by atoms with van der Waals surface area (Å²) in [7, 11) is 0. The smallest absolute Gasteiger partial charge is 0.146 e. The minimum absolute atomic E-state index is 0.198. The SMILES string of the molecule is C=C[C@@H]1CCCC(=O)[C@@H]1I. The molecule has 0 radical (unpaired) electrons. The number of carbonyl (C=O) groups excluding carboxylic acids is 1. The van der Waals surface area contributed by atoms with Crippen LogP contribution in [0.2, 0.25) is 0 Å². The van der Waals surface area contributed by atoms with Crippen molar-refractivity contribution in [2.75, 3.05) is 0 Å². The number of carbonyl (C=O) groups is 1. The van der Waals surface area contributed by atoms with Gasteiger partial charge in [-0.05, 0) is 18.8 Å². The van der Waals surface area contributed by atoms with Crippen molar-refractivity contribution in [2.24, 2.45) is 5.92 Å². The number of alkyl halides is 1. The minimum atomic E-state index is 0.198. The lowest BCUT2D eigenvalue weighted by Gasteiger charge is -2.22. The molecule has 56 valence electrons. The zero-order valence-electron chi connectivity index (χ0n) is 5.85. The Hall–Kier alpha value is 0.140. The molecule has 0 N–H and O–H groups in total. The van der Waals surface area contributed by atoms with Gasteiger partial charge in [0.2, 0.25) is 0 Å². The fraction of sp³-hybridized carbons (Fsp3) is 0.625. The highest BCUT2D eigenvalue weighted by Crippen LogP contribution is 2.28. The Morgan fingerprint density at radius 1 is 1.70 bits per heavy atom.